The number of hydrogen-bond acceptors (Lipinski definition) is 0. The van der Waals surface area contributed by atoms with E-state index in [1.165, 1.54) is 122 Å². The highest BCUT2D eigenvalue weighted by molar-refractivity contribution is 4.66. The Bertz CT molecular complexity index is 312. The van der Waals surface area contributed by atoms with Gasteiger partial charge >= 0.3 is 0 Å². The van der Waals surface area contributed by atoms with E-state index in [0.29, 0.717) is 0 Å². The fourth-order valence-corrected chi connectivity index (χ4v) is 2.88. The van der Waals surface area contributed by atoms with E-state index in [1.54, 1.807) is 0 Å². The van der Waals surface area contributed by atoms with Gasteiger partial charge in [0.1, 0.15) is 0 Å². The Balaban J connectivity index is -0.000000170. The van der Waals surface area contributed by atoms with Gasteiger partial charge in [-0.15, -0.1) is 26.3 Å². The molecule has 0 fully saturated rings. The summed E-state index contributed by atoms with van der Waals surface area (Å²) in [6.07, 6.45) is 34.6. The molecule has 0 N–H and O–H groups in total. The summed E-state index contributed by atoms with van der Waals surface area (Å²) in [5.41, 5.74) is 0. The lowest BCUT2D eigenvalue weighted by Crippen LogP contribution is -1.78. The molecule has 0 aromatic carbocycles. The minimum Gasteiger partial charge on any atom is -0.103 e. The summed E-state index contributed by atoms with van der Waals surface area (Å²) in [4.78, 5) is 0. The van der Waals surface area contributed by atoms with Crippen LogP contribution in [0.25, 0.3) is 0 Å². The summed E-state index contributed by atoms with van der Waals surface area (Å²) in [7, 11) is 0. The average molecular weight is 449 g/mol. The molecule has 0 bridgehead atoms. The van der Waals surface area contributed by atoms with Gasteiger partial charge in [-0.2, -0.15) is 0 Å². The fourth-order valence-electron chi connectivity index (χ4n) is 2.88. The minimum absolute atomic E-state index is 1.15. The third-order valence-electron chi connectivity index (χ3n) is 5.03. The zero-order chi connectivity index (χ0) is 25.0. The number of allylic oxidation sites excluding steroid dienone is 4. The van der Waals surface area contributed by atoms with Gasteiger partial charge in [0, 0.05) is 0 Å². The van der Waals surface area contributed by atoms with Gasteiger partial charge in [0.15, 0.2) is 0 Å². The maximum absolute atomic E-state index is 3.71. The molecule has 0 spiro atoms. The Morgan fingerprint density at radius 3 is 0.812 bits per heavy atom. The Hall–Kier alpha value is -1.04. The topological polar surface area (TPSA) is 0 Å². The molecular formula is C32H64. The zero-order valence-electron chi connectivity index (χ0n) is 23.3. The molecule has 0 aliphatic rings. The standard InChI is InChI=1S/C11H22.C9H18.C7H14.C5H10/c1-3-5-7-9-11-10-8-6-4-2;1-3-5-7-9-8-6-4-2;1-3-5-7-6-4-2;1-3-5-4-2/h3H,1,4-11H2,2H3;3H,1,4-9H2,2H3;3H,1,4-7H2,2H3;3H,1,4-5H2,2H3. The van der Waals surface area contributed by atoms with Crippen LogP contribution in [-0.4, -0.2) is 0 Å². The lowest BCUT2D eigenvalue weighted by molar-refractivity contribution is 0.592. The summed E-state index contributed by atoms with van der Waals surface area (Å²) in [6, 6.07) is 0. The minimum atomic E-state index is 1.15. The van der Waals surface area contributed by atoms with E-state index >= 15 is 0 Å². The van der Waals surface area contributed by atoms with Gasteiger partial charge in [-0.05, 0) is 44.9 Å². The molecule has 0 amide bonds. The smallest absolute Gasteiger partial charge is 0.0353 e. The maximum atomic E-state index is 3.71. The number of hydrogen-bond donors (Lipinski definition) is 0. The molecule has 0 saturated heterocycles. The first-order chi connectivity index (χ1) is 15.7. The summed E-state index contributed by atoms with van der Waals surface area (Å²) < 4.78 is 0. The molecule has 0 aliphatic heterocycles. The van der Waals surface area contributed by atoms with Gasteiger partial charge in [-0.25, -0.2) is 0 Å². The molecule has 0 nitrogen and oxygen atoms in total. The molecule has 0 saturated carbocycles. The van der Waals surface area contributed by atoms with Gasteiger partial charge in [0.2, 0.25) is 0 Å². The molecule has 0 rings (SSSR count). The molecule has 192 valence electrons. The first-order valence-corrected chi connectivity index (χ1v) is 14.1. The van der Waals surface area contributed by atoms with Crippen molar-refractivity contribution in [2.75, 3.05) is 0 Å². The molecule has 0 aromatic rings. The van der Waals surface area contributed by atoms with Gasteiger partial charge in [0.25, 0.3) is 0 Å². The van der Waals surface area contributed by atoms with Crippen LogP contribution in [0, 0.1) is 0 Å². The van der Waals surface area contributed by atoms with E-state index in [1.807, 2.05) is 24.3 Å². The van der Waals surface area contributed by atoms with Gasteiger partial charge in [-0.1, -0.05) is 135 Å². The molecule has 0 aliphatic carbocycles. The second kappa shape index (κ2) is 47.7. The molecule has 0 aromatic heterocycles. The fraction of sp³-hybridized carbons (Fsp3) is 0.750. The van der Waals surface area contributed by atoms with Crippen molar-refractivity contribution in [2.45, 2.75) is 156 Å². The highest BCUT2D eigenvalue weighted by Gasteiger charge is 1.88. The van der Waals surface area contributed by atoms with Crippen LogP contribution < -0.4 is 0 Å². The van der Waals surface area contributed by atoms with Crippen LogP contribution in [0.5, 0.6) is 0 Å². The van der Waals surface area contributed by atoms with Crippen LogP contribution in [0.1, 0.15) is 156 Å². The van der Waals surface area contributed by atoms with E-state index in [9.17, 15) is 0 Å². The van der Waals surface area contributed by atoms with E-state index < -0.39 is 0 Å². The highest BCUT2D eigenvalue weighted by atomic mass is 13.9. The van der Waals surface area contributed by atoms with Gasteiger partial charge in [0.05, 0.1) is 0 Å². The summed E-state index contributed by atoms with van der Waals surface area (Å²) >= 11 is 0. The molecule has 0 heterocycles. The Morgan fingerprint density at radius 1 is 0.312 bits per heavy atom. The van der Waals surface area contributed by atoms with E-state index in [4.69, 9.17) is 0 Å². The van der Waals surface area contributed by atoms with Crippen molar-refractivity contribution < 1.29 is 0 Å². The Labute approximate surface area is 206 Å². The van der Waals surface area contributed by atoms with Crippen molar-refractivity contribution in [3.8, 4) is 0 Å². The Morgan fingerprint density at radius 2 is 0.562 bits per heavy atom. The van der Waals surface area contributed by atoms with Crippen LogP contribution in [0.2, 0.25) is 0 Å². The summed E-state index contributed by atoms with van der Waals surface area (Å²) in [5, 5.41) is 0. The third-order valence-corrected chi connectivity index (χ3v) is 5.03. The lowest BCUT2D eigenvalue weighted by atomic mass is 10.1. The van der Waals surface area contributed by atoms with Crippen molar-refractivity contribution in [2.24, 2.45) is 0 Å². The second-order valence-corrected chi connectivity index (χ2v) is 8.55. The first kappa shape index (κ1) is 38.2. The van der Waals surface area contributed by atoms with E-state index in [0.717, 1.165) is 6.42 Å². The Kier molecular flexibility index (Phi) is 56.9. The monoisotopic (exact) mass is 449 g/mol. The molecule has 0 heteroatoms. The summed E-state index contributed by atoms with van der Waals surface area (Å²) in [5.74, 6) is 0. The normalized spacial score (nSPS) is 9.12. The number of rotatable bonds is 20. The van der Waals surface area contributed by atoms with Gasteiger partial charge in [-0.3, -0.25) is 0 Å². The molecule has 32 heavy (non-hydrogen) atoms. The van der Waals surface area contributed by atoms with Crippen LogP contribution in [-0.2, 0) is 0 Å². The number of unbranched alkanes of at least 4 members (excludes halogenated alkanes) is 16. The second-order valence-electron chi connectivity index (χ2n) is 8.55. The predicted molar refractivity (Wildman–Crippen MR) is 156 cm³/mol. The molecular weight excluding hydrogens is 384 g/mol. The van der Waals surface area contributed by atoms with Crippen LogP contribution >= 0.6 is 0 Å². The van der Waals surface area contributed by atoms with E-state index in [-0.39, 0.29) is 0 Å². The SMILES string of the molecule is C=CCCC.C=CCCCCC.C=CCCCCCCC.C=CCCCCCCCCC. The van der Waals surface area contributed by atoms with E-state index in [2.05, 4.69) is 54.0 Å². The first-order valence-electron chi connectivity index (χ1n) is 14.1. The quantitative estimate of drug-likeness (QED) is 0.128. The third kappa shape index (κ3) is 63.0. The largest absolute Gasteiger partial charge is 0.103 e. The van der Waals surface area contributed by atoms with Crippen LogP contribution in [0.4, 0.5) is 0 Å². The van der Waals surface area contributed by atoms with Crippen molar-refractivity contribution in [1.82, 2.24) is 0 Å². The molecule has 0 unspecified atom stereocenters. The van der Waals surface area contributed by atoms with Crippen LogP contribution in [0.3, 0.4) is 0 Å². The predicted octanol–water partition coefficient (Wildman–Crippen LogP) is 12.6. The summed E-state index contributed by atoms with van der Waals surface area (Å²) in [6.45, 7) is 23.4. The van der Waals surface area contributed by atoms with Crippen LogP contribution in [0.15, 0.2) is 50.6 Å². The maximum Gasteiger partial charge on any atom is -0.0353 e. The van der Waals surface area contributed by atoms with Crippen molar-refractivity contribution in [3.63, 3.8) is 0 Å². The van der Waals surface area contributed by atoms with Gasteiger partial charge < -0.3 is 0 Å². The lowest BCUT2D eigenvalue weighted by Gasteiger charge is -1.98. The molecule has 0 radical (unpaired) electrons. The average Bonchev–Trinajstić information content (AvgIpc) is 2.81. The highest BCUT2D eigenvalue weighted by Crippen LogP contribution is 2.08. The van der Waals surface area contributed by atoms with Crippen molar-refractivity contribution in [3.05, 3.63) is 50.6 Å². The molecule has 0 atom stereocenters. The van der Waals surface area contributed by atoms with Crippen molar-refractivity contribution >= 4 is 0 Å². The zero-order valence-corrected chi connectivity index (χ0v) is 23.3. The van der Waals surface area contributed by atoms with Crippen molar-refractivity contribution in [1.29, 1.82) is 0 Å².